The zero-order chi connectivity index (χ0) is 19.8. The summed E-state index contributed by atoms with van der Waals surface area (Å²) >= 11 is 0. The second-order valence-electron chi connectivity index (χ2n) is 9.53. The summed E-state index contributed by atoms with van der Waals surface area (Å²) in [6, 6.07) is 0. The number of esters is 1. The van der Waals surface area contributed by atoms with Gasteiger partial charge in [-0.1, -0.05) is 19.1 Å². The third-order valence-electron chi connectivity index (χ3n) is 7.48. The van der Waals surface area contributed by atoms with Gasteiger partial charge in [-0.25, -0.2) is 0 Å². The van der Waals surface area contributed by atoms with Crippen molar-refractivity contribution in [2.24, 2.45) is 23.7 Å². The molecule has 3 aliphatic rings. The molecule has 0 N–H and O–H groups in total. The van der Waals surface area contributed by atoms with Crippen LogP contribution in [0.3, 0.4) is 0 Å². The first-order valence-electron chi connectivity index (χ1n) is 12.1. The maximum atomic E-state index is 12.7. The molecule has 2 unspecified atom stereocenters. The molecule has 1 saturated heterocycles. The van der Waals surface area contributed by atoms with Gasteiger partial charge in [-0.05, 0) is 108 Å². The molecule has 1 aliphatic heterocycles. The van der Waals surface area contributed by atoms with Gasteiger partial charge in [0.1, 0.15) is 6.10 Å². The molecule has 0 spiro atoms. The van der Waals surface area contributed by atoms with Gasteiger partial charge < -0.3 is 9.47 Å². The minimum absolute atomic E-state index is 0.113. The van der Waals surface area contributed by atoms with E-state index in [1.807, 2.05) is 0 Å². The Morgan fingerprint density at radius 3 is 2.36 bits per heavy atom. The Bertz CT molecular complexity index is 484. The van der Waals surface area contributed by atoms with Crippen molar-refractivity contribution in [3.8, 4) is 0 Å². The van der Waals surface area contributed by atoms with E-state index >= 15 is 0 Å². The van der Waals surface area contributed by atoms with Crippen molar-refractivity contribution in [1.29, 1.82) is 0 Å². The van der Waals surface area contributed by atoms with E-state index in [1.165, 1.54) is 57.8 Å². The summed E-state index contributed by atoms with van der Waals surface area (Å²) in [5.74, 6) is 2.39. The van der Waals surface area contributed by atoms with Crippen LogP contribution in [0.1, 0.15) is 97.3 Å². The number of hydrogen-bond donors (Lipinski definition) is 0. The predicted octanol–water partition coefficient (Wildman–Crippen LogP) is 6.46. The van der Waals surface area contributed by atoms with E-state index in [9.17, 15) is 4.79 Å². The second-order valence-corrected chi connectivity index (χ2v) is 9.53. The van der Waals surface area contributed by atoms with E-state index in [0.717, 1.165) is 44.1 Å². The van der Waals surface area contributed by atoms with Crippen LogP contribution in [0, 0.1) is 23.7 Å². The molecule has 3 rings (SSSR count). The van der Waals surface area contributed by atoms with Gasteiger partial charge >= 0.3 is 5.97 Å². The summed E-state index contributed by atoms with van der Waals surface area (Å²) in [6.45, 7) is 5.19. The predicted molar refractivity (Wildman–Crippen MR) is 114 cm³/mol. The van der Waals surface area contributed by atoms with E-state index in [0.29, 0.717) is 12.0 Å². The molecule has 0 aromatic carbocycles. The van der Waals surface area contributed by atoms with Crippen molar-refractivity contribution in [1.82, 2.24) is 0 Å². The molecule has 0 aromatic heterocycles. The highest BCUT2D eigenvalue weighted by Crippen LogP contribution is 2.39. The molecule has 1 heterocycles. The molecule has 3 nitrogen and oxygen atoms in total. The minimum atomic E-state index is 0.113. The molecule has 28 heavy (non-hydrogen) atoms. The van der Waals surface area contributed by atoms with Crippen LogP contribution in [0.4, 0.5) is 0 Å². The first-order chi connectivity index (χ1) is 13.7. The van der Waals surface area contributed by atoms with Gasteiger partial charge in [0, 0.05) is 6.61 Å². The van der Waals surface area contributed by atoms with Crippen molar-refractivity contribution in [2.45, 2.75) is 110 Å². The van der Waals surface area contributed by atoms with Crippen molar-refractivity contribution >= 4 is 5.97 Å². The number of carbonyl (C=O) groups is 1. The van der Waals surface area contributed by atoms with E-state index < -0.39 is 0 Å². The molecule has 3 fully saturated rings. The zero-order valence-corrected chi connectivity index (χ0v) is 18.2. The largest absolute Gasteiger partial charge is 0.462 e. The van der Waals surface area contributed by atoms with E-state index in [-0.39, 0.29) is 18.0 Å². The maximum absolute atomic E-state index is 12.7. The summed E-state index contributed by atoms with van der Waals surface area (Å²) in [4.78, 5) is 12.7. The number of ether oxygens (including phenoxy) is 2. The molecule has 0 amide bonds. The Balaban J connectivity index is 1.33. The van der Waals surface area contributed by atoms with Crippen LogP contribution >= 0.6 is 0 Å². The lowest BCUT2D eigenvalue weighted by atomic mass is 9.73. The van der Waals surface area contributed by atoms with Gasteiger partial charge in [-0.3, -0.25) is 4.79 Å². The van der Waals surface area contributed by atoms with Crippen LogP contribution in [0.15, 0.2) is 12.2 Å². The van der Waals surface area contributed by atoms with Crippen molar-refractivity contribution in [3.63, 3.8) is 0 Å². The smallest absolute Gasteiger partial charge is 0.309 e. The molecular weight excluding hydrogens is 348 g/mol. The van der Waals surface area contributed by atoms with Crippen LogP contribution < -0.4 is 0 Å². The summed E-state index contributed by atoms with van der Waals surface area (Å²) in [5.41, 5.74) is 0. The van der Waals surface area contributed by atoms with Crippen LogP contribution in [0.2, 0.25) is 0 Å². The fraction of sp³-hybridized carbons (Fsp3) is 0.880. The van der Waals surface area contributed by atoms with Crippen molar-refractivity contribution in [2.75, 3.05) is 6.61 Å². The molecule has 3 heteroatoms. The summed E-state index contributed by atoms with van der Waals surface area (Å²) < 4.78 is 11.8. The molecule has 0 aromatic rings. The summed E-state index contributed by atoms with van der Waals surface area (Å²) in [6.07, 6.45) is 20.6. The van der Waals surface area contributed by atoms with E-state index in [4.69, 9.17) is 9.47 Å². The number of allylic oxidation sites excluding steroid dienone is 2. The van der Waals surface area contributed by atoms with Crippen LogP contribution in [0.25, 0.3) is 0 Å². The zero-order valence-electron chi connectivity index (χ0n) is 18.2. The topological polar surface area (TPSA) is 35.5 Å². The van der Waals surface area contributed by atoms with Crippen molar-refractivity contribution in [3.05, 3.63) is 12.2 Å². The first kappa shape index (κ1) is 21.9. The molecule has 0 bridgehead atoms. The number of rotatable bonds is 8. The number of hydrogen-bond acceptors (Lipinski definition) is 3. The van der Waals surface area contributed by atoms with Gasteiger partial charge in [0.15, 0.2) is 0 Å². The van der Waals surface area contributed by atoms with E-state index in [2.05, 4.69) is 26.0 Å². The Morgan fingerprint density at radius 2 is 1.71 bits per heavy atom. The lowest BCUT2D eigenvalue weighted by molar-refractivity contribution is -0.164. The minimum Gasteiger partial charge on any atom is -0.462 e. The Hall–Kier alpha value is -0.830. The molecule has 0 radical (unpaired) electrons. The van der Waals surface area contributed by atoms with Gasteiger partial charge in [-0.2, -0.15) is 0 Å². The number of carbonyl (C=O) groups excluding carboxylic acids is 1. The Morgan fingerprint density at radius 1 is 0.964 bits per heavy atom. The highest BCUT2D eigenvalue weighted by molar-refractivity contribution is 5.73. The van der Waals surface area contributed by atoms with Gasteiger partial charge in [0.05, 0.1) is 12.0 Å². The standard InChI is InChI=1S/C25H42O3/c1-3-5-19-6-11-21(12-7-19)24-17-16-23(28-25(24)26)15-10-20-8-13-22(14-9-20)27-18-4-2/h3,5,19-24H,4,6-18H2,1-2H3/b5-3+. The SMILES string of the molecule is C/C=C/C1CCC(C2CCC(CCC3CCC(OCCC)CC3)OC2=O)CC1. The van der Waals surface area contributed by atoms with Gasteiger partial charge in [0.2, 0.25) is 0 Å². The highest BCUT2D eigenvalue weighted by Gasteiger charge is 2.37. The molecule has 2 atom stereocenters. The quantitative estimate of drug-likeness (QED) is 0.352. The fourth-order valence-electron chi connectivity index (χ4n) is 5.73. The molecule has 2 saturated carbocycles. The average Bonchev–Trinajstić information content (AvgIpc) is 2.72. The molecule has 160 valence electrons. The van der Waals surface area contributed by atoms with Crippen LogP contribution in [-0.2, 0) is 14.3 Å². The maximum Gasteiger partial charge on any atom is 0.309 e. The summed E-state index contributed by atoms with van der Waals surface area (Å²) in [7, 11) is 0. The lowest BCUT2D eigenvalue weighted by Crippen LogP contribution is -2.37. The fourth-order valence-corrected chi connectivity index (χ4v) is 5.73. The van der Waals surface area contributed by atoms with Gasteiger partial charge in [-0.15, -0.1) is 0 Å². The third-order valence-corrected chi connectivity index (χ3v) is 7.48. The average molecular weight is 391 g/mol. The first-order valence-corrected chi connectivity index (χ1v) is 12.1. The normalized spacial score (nSPS) is 37.1. The Labute approximate surface area is 172 Å². The van der Waals surface area contributed by atoms with Crippen molar-refractivity contribution < 1.29 is 14.3 Å². The summed E-state index contributed by atoms with van der Waals surface area (Å²) in [5, 5.41) is 0. The van der Waals surface area contributed by atoms with E-state index in [1.54, 1.807) is 0 Å². The molecule has 2 aliphatic carbocycles. The second kappa shape index (κ2) is 11.4. The third kappa shape index (κ3) is 6.34. The lowest BCUT2D eigenvalue weighted by Gasteiger charge is -2.36. The highest BCUT2D eigenvalue weighted by atomic mass is 16.5. The number of cyclic esters (lactones) is 1. The van der Waals surface area contributed by atoms with Crippen LogP contribution in [0.5, 0.6) is 0 Å². The molecular formula is C25H42O3. The van der Waals surface area contributed by atoms with Crippen LogP contribution in [-0.4, -0.2) is 24.8 Å². The Kier molecular flexibility index (Phi) is 8.89. The monoisotopic (exact) mass is 390 g/mol. The van der Waals surface area contributed by atoms with Gasteiger partial charge in [0.25, 0.3) is 0 Å².